The average Bonchev–Trinajstić information content (AvgIpc) is 3.02. The summed E-state index contributed by atoms with van der Waals surface area (Å²) in [5, 5.41) is 2.91. The molecule has 0 spiro atoms. The molecule has 1 N–H and O–H groups in total. The highest BCUT2D eigenvalue weighted by Crippen LogP contribution is 2.20. The van der Waals surface area contributed by atoms with E-state index in [1.165, 1.54) is 4.90 Å². The van der Waals surface area contributed by atoms with Crippen molar-refractivity contribution in [3.05, 3.63) is 59.9 Å². The van der Waals surface area contributed by atoms with E-state index in [1.54, 1.807) is 30.5 Å². The minimum Gasteiger partial charge on any atom is -0.447 e. The largest absolute Gasteiger partial charge is 0.447 e. The van der Waals surface area contributed by atoms with Crippen molar-refractivity contribution >= 4 is 17.7 Å². The third-order valence-corrected chi connectivity index (χ3v) is 3.66. The maximum Gasteiger partial charge on any atom is 0.414 e. The van der Waals surface area contributed by atoms with Crippen molar-refractivity contribution < 1.29 is 14.3 Å². The zero-order valence-corrected chi connectivity index (χ0v) is 12.7. The molecule has 0 saturated carbocycles. The number of amides is 2. The van der Waals surface area contributed by atoms with Crippen molar-refractivity contribution in [3.8, 4) is 0 Å². The summed E-state index contributed by atoms with van der Waals surface area (Å²) in [6.07, 6.45) is 1.31. The van der Waals surface area contributed by atoms with Crippen LogP contribution in [0.2, 0.25) is 0 Å². The number of nitrogens with one attached hydrogen (secondary N) is 1. The number of pyridine rings is 1. The second kappa shape index (κ2) is 6.48. The molecule has 1 atom stereocenters. The molecule has 1 aromatic carbocycles. The van der Waals surface area contributed by atoms with E-state index in [2.05, 4.69) is 10.3 Å². The molecule has 0 radical (unpaired) electrons. The lowest BCUT2D eigenvalue weighted by molar-refractivity contribution is 0.0939. The molecule has 2 amide bonds. The number of anilines is 1. The summed E-state index contributed by atoms with van der Waals surface area (Å²) in [6, 6.07) is 12.3. The number of hydrogen-bond acceptors (Lipinski definition) is 4. The second-order valence-electron chi connectivity index (χ2n) is 5.27. The number of benzene rings is 1. The first kappa shape index (κ1) is 15.0. The Balaban J connectivity index is 1.74. The Labute approximate surface area is 134 Å². The molecule has 6 nitrogen and oxygen atoms in total. The van der Waals surface area contributed by atoms with E-state index in [1.807, 2.05) is 25.1 Å². The van der Waals surface area contributed by atoms with Crippen LogP contribution in [0.4, 0.5) is 10.5 Å². The van der Waals surface area contributed by atoms with Gasteiger partial charge in [0.05, 0.1) is 18.3 Å². The van der Waals surface area contributed by atoms with E-state index in [9.17, 15) is 9.59 Å². The Kier molecular flexibility index (Phi) is 4.23. The highest BCUT2D eigenvalue weighted by molar-refractivity contribution is 5.97. The number of hydrogen-bond donors (Lipinski definition) is 1. The minimum absolute atomic E-state index is 0.205. The molecule has 0 aliphatic carbocycles. The fourth-order valence-electron chi connectivity index (χ4n) is 2.43. The first-order valence-corrected chi connectivity index (χ1v) is 7.41. The molecular weight excluding hydrogens is 294 g/mol. The van der Waals surface area contributed by atoms with Crippen LogP contribution in [0.15, 0.2) is 48.7 Å². The molecule has 1 unspecified atom stereocenters. The Morgan fingerprint density at radius 1 is 1.30 bits per heavy atom. The number of cyclic esters (lactones) is 1. The maximum atomic E-state index is 12.4. The highest BCUT2D eigenvalue weighted by atomic mass is 16.6. The van der Waals surface area contributed by atoms with Crippen LogP contribution in [0.1, 0.15) is 29.0 Å². The van der Waals surface area contributed by atoms with Gasteiger partial charge in [-0.2, -0.15) is 0 Å². The SMILES string of the molecule is CC(NC(=O)c1cccc(N2CCOC2=O)c1)c1ccccn1. The molecule has 3 rings (SSSR count). The topological polar surface area (TPSA) is 71.5 Å². The number of ether oxygens (including phenoxy) is 1. The molecule has 1 aliphatic heterocycles. The predicted octanol–water partition coefficient (Wildman–Crippen LogP) is 2.53. The van der Waals surface area contributed by atoms with Crippen LogP contribution in [0.3, 0.4) is 0 Å². The Morgan fingerprint density at radius 2 is 2.17 bits per heavy atom. The van der Waals surface area contributed by atoms with Crippen molar-refractivity contribution in [2.45, 2.75) is 13.0 Å². The third-order valence-electron chi connectivity index (χ3n) is 3.66. The van der Waals surface area contributed by atoms with Crippen LogP contribution >= 0.6 is 0 Å². The summed E-state index contributed by atoms with van der Waals surface area (Å²) in [4.78, 5) is 29.8. The summed E-state index contributed by atoms with van der Waals surface area (Å²) >= 11 is 0. The van der Waals surface area contributed by atoms with Crippen molar-refractivity contribution in [2.24, 2.45) is 0 Å². The summed E-state index contributed by atoms with van der Waals surface area (Å²) in [7, 11) is 0. The van der Waals surface area contributed by atoms with Crippen molar-refractivity contribution in [3.63, 3.8) is 0 Å². The van der Waals surface area contributed by atoms with E-state index < -0.39 is 0 Å². The number of rotatable bonds is 4. The van der Waals surface area contributed by atoms with Gasteiger partial charge in [0.1, 0.15) is 6.61 Å². The van der Waals surface area contributed by atoms with Gasteiger partial charge in [-0.05, 0) is 37.3 Å². The normalized spacial score (nSPS) is 15.2. The highest BCUT2D eigenvalue weighted by Gasteiger charge is 2.24. The van der Waals surface area contributed by atoms with E-state index >= 15 is 0 Å². The van der Waals surface area contributed by atoms with Crippen LogP contribution in [0, 0.1) is 0 Å². The summed E-state index contributed by atoms with van der Waals surface area (Å²) in [6.45, 7) is 2.74. The molecule has 1 aliphatic rings. The molecule has 2 aromatic rings. The average molecular weight is 311 g/mol. The fraction of sp³-hybridized carbons (Fsp3) is 0.235. The van der Waals surface area contributed by atoms with Gasteiger partial charge in [0.15, 0.2) is 0 Å². The van der Waals surface area contributed by atoms with E-state index in [0.29, 0.717) is 24.4 Å². The number of aromatic nitrogens is 1. The zero-order valence-electron chi connectivity index (χ0n) is 12.7. The van der Waals surface area contributed by atoms with Gasteiger partial charge in [-0.3, -0.25) is 14.7 Å². The molecule has 1 aromatic heterocycles. The Hall–Kier alpha value is -2.89. The fourth-order valence-corrected chi connectivity index (χ4v) is 2.43. The van der Waals surface area contributed by atoms with Gasteiger partial charge in [-0.25, -0.2) is 4.79 Å². The number of nitrogens with zero attached hydrogens (tertiary/aromatic N) is 2. The zero-order chi connectivity index (χ0) is 16.2. The van der Waals surface area contributed by atoms with Crippen LogP contribution in [-0.4, -0.2) is 30.1 Å². The smallest absolute Gasteiger partial charge is 0.414 e. The third kappa shape index (κ3) is 3.31. The van der Waals surface area contributed by atoms with Gasteiger partial charge < -0.3 is 10.1 Å². The summed E-state index contributed by atoms with van der Waals surface area (Å²) in [5.74, 6) is -0.211. The molecule has 6 heteroatoms. The quantitative estimate of drug-likeness (QED) is 0.942. The van der Waals surface area contributed by atoms with E-state index in [0.717, 1.165) is 5.69 Å². The van der Waals surface area contributed by atoms with Crippen molar-refractivity contribution in [1.29, 1.82) is 0 Å². The van der Waals surface area contributed by atoms with Gasteiger partial charge in [0.25, 0.3) is 5.91 Å². The Bertz CT molecular complexity index is 718. The monoisotopic (exact) mass is 311 g/mol. The van der Waals surface area contributed by atoms with Crippen LogP contribution in [0.5, 0.6) is 0 Å². The van der Waals surface area contributed by atoms with Gasteiger partial charge in [0.2, 0.25) is 0 Å². The lowest BCUT2D eigenvalue weighted by Gasteiger charge is -2.16. The first-order valence-electron chi connectivity index (χ1n) is 7.41. The van der Waals surface area contributed by atoms with Crippen LogP contribution in [0.25, 0.3) is 0 Å². The van der Waals surface area contributed by atoms with E-state index in [-0.39, 0.29) is 18.0 Å². The van der Waals surface area contributed by atoms with Gasteiger partial charge in [-0.15, -0.1) is 0 Å². The number of carbonyl (C=O) groups excluding carboxylic acids is 2. The molecular formula is C17H17N3O3. The molecule has 2 heterocycles. The Morgan fingerprint density at radius 3 is 2.87 bits per heavy atom. The molecule has 23 heavy (non-hydrogen) atoms. The van der Waals surface area contributed by atoms with Gasteiger partial charge >= 0.3 is 6.09 Å². The van der Waals surface area contributed by atoms with Crippen LogP contribution < -0.4 is 10.2 Å². The molecule has 0 bridgehead atoms. The predicted molar refractivity (Wildman–Crippen MR) is 85.3 cm³/mol. The van der Waals surface area contributed by atoms with Gasteiger partial charge in [-0.1, -0.05) is 12.1 Å². The lowest BCUT2D eigenvalue weighted by atomic mass is 10.1. The van der Waals surface area contributed by atoms with Crippen molar-refractivity contribution in [2.75, 3.05) is 18.1 Å². The van der Waals surface area contributed by atoms with Crippen molar-refractivity contribution in [1.82, 2.24) is 10.3 Å². The molecule has 1 fully saturated rings. The summed E-state index contributed by atoms with van der Waals surface area (Å²) in [5.41, 5.74) is 1.94. The number of carbonyl (C=O) groups is 2. The second-order valence-corrected chi connectivity index (χ2v) is 5.27. The summed E-state index contributed by atoms with van der Waals surface area (Å²) < 4.78 is 4.92. The minimum atomic E-state index is -0.385. The van der Waals surface area contributed by atoms with E-state index in [4.69, 9.17) is 4.74 Å². The standard InChI is InChI=1S/C17H17N3O3/c1-12(15-7-2-3-8-18-15)19-16(21)13-5-4-6-14(11-13)20-9-10-23-17(20)22/h2-8,11-12H,9-10H2,1H3,(H,19,21). The first-order chi connectivity index (χ1) is 11.1. The maximum absolute atomic E-state index is 12.4. The van der Waals surface area contributed by atoms with Crippen LogP contribution in [-0.2, 0) is 4.74 Å². The molecule has 118 valence electrons. The van der Waals surface area contributed by atoms with Gasteiger partial charge in [0, 0.05) is 17.4 Å². The molecule has 1 saturated heterocycles. The lowest BCUT2D eigenvalue weighted by Crippen LogP contribution is -2.28.